The molecule has 0 saturated heterocycles. The first-order valence-electron chi connectivity index (χ1n) is 8.88. The smallest absolute Gasteiger partial charge is 0.286 e. The van der Waals surface area contributed by atoms with Crippen LogP contribution in [0.4, 0.5) is 0 Å². The third-order valence-corrected chi connectivity index (χ3v) is 4.41. The highest BCUT2D eigenvalue weighted by atomic mass is 35.5. The van der Waals surface area contributed by atoms with Crippen LogP contribution in [0.3, 0.4) is 0 Å². The molecule has 0 aliphatic heterocycles. The van der Waals surface area contributed by atoms with Crippen molar-refractivity contribution in [2.24, 2.45) is 0 Å². The van der Waals surface area contributed by atoms with Crippen LogP contribution in [0.25, 0.3) is 0 Å². The Hall–Kier alpha value is -2.93. The number of hydrogen-bond donors (Lipinski definition) is 1. The maximum absolute atomic E-state index is 12.2. The molecule has 0 bridgehead atoms. The van der Waals surface area contributed by atoms with Gasteiger partial charge in [0.05, 0.1) is 17.8 Å². The number of methoxy groups -OCH3 is 1. The van der Waals surface area contributed by atoms with Crippen molar-refractivity contribution >= 4 is 17.5 Å². The fourth-order valence-electron chi connectivity index (χ4n) is 2.56. The third-order valence-electron chi connectivity index (χ3n) is 4.04. The van der Waals surface area contributed by atoms with Crippen LogP contribution in [0.5, 0.6) is 11.5 Å². The molecule has 1 aromatic carbocycles. The number of hydrogen-bond acceptors (Lipinski definition) is 5. The van der Waals surface area contributed by atoms with Crippen molar-refractivity contribution < 1.29 is 18.7 Å². The first kappa shape index (κ1) is 19.8. The molecule has 3 rings (SSSR count). The van der Waals surface area contributed by atoms with Gasteiger partial charge in [0.25, 0.3) is 5.91 Å². The molecule has 0 radical (unpaired) electrons. The van der Waals surface area contributed by atoms with E-state index in [-0.39, 0.29) is 18.3 Å². The van der Waals surface area contributed by atoms with E-state index >= 15 is 0 Å². The number of carbonyl (C=O) groups excluding carboxylic acids is 1. The van der Waals surface area contributed by atoms with E-state index in [4.69, 9.17) is 25.5 Å². The van der Waals surface area contributed by atoms with Crippen LogP contribution in [0.1, 0.15) is 28.4 Å². The number of ether oxygens (including phenoxy) is 2. The second kappa shape index (κ2) is 9.32. The molecular formula is C20H22ClN3O4. The number of nitrogens with zero attached hydrogens (tertiary/aromatic N) is 2. The highest BCUT2D eigenvalue weighted by molar-refractivity contribution is 6.31. The average molecular weight is 404 g/mol. The molecular weight excluding hydrogens is 382 g/mol. The molecule has 7 nitrogen and oxygen atoms in total. The number of nitrogens with one attached hydrogen (secondary N) is 1. The monoisotopic (exact) mass is 403 g/mol. The Labute approximate surface area is 168 Å². The number of benzene rings is 1. The summed E-state index contributed by atoms with van der Waals surface area (Å²) in [5, 5.41) is 7.75. The number of carbonyl (C=O) groups is 1. The van der Waals surface area contributed by atoms with Gasteiger partial charge in [-0.25, -0.2) is 0 Å². The lowest BCUT2D eigenvalue weighted by Gasteiger charge is -2.06. The molecule has 2 heterocycles. The summed E-state index contributed by atoms with van der Waals surface area (Å²) in [6.07, 6.45) is 2.51. The first-order chi connectivity index (χ1) is 13.5. The normalized spacial score (nSPS) is 10.7. The van der Waals surface area contributed by atoms with Gasteiger partial charge >= 0.3 is 0 Å². The van der Waals surface area contributed by atoms with E-state index in [1.54, 1.807) is 36.2 Å². The van der Waals surface area contributed by atoms with Gasteiger partial charge in [-0.3, -0.25) is 9.48 Å². The van der Waals surface area contributed by atoms with Gasteiger partial charge in [0.15, 0.2) is 5.76 Å². The fourth-order valence-corrected chi connectivity index (χ4v) is 2.71. The molecule has 8 heteroatoms. The van der Waals surface area contributed by atoms with Crippen LogP contribution in [0.15, 0.2) is 47.0 Å². The minimum absolute atomic E-state index is 0.222. The van der Waals surface area contributed by atoms with E-state index in [1.807, 2.05) is 25.1 Å². The zero-order chi connectivity index (χ0) is 19.9. The van der Waals surface area contributed by atoms with Crippen LogP contribution in [-0.2, 0) is 13.2 Å². The SMILES string of the molecule is COc1cccc(OCc2ccc(C(=O)NCCCn3cc(Cl)c(C)n3)o2)c1. The topological polar surface area (TPSA) is 78.5 Å². The fraction of sp³-hybridized carbons (Fsp3) is 0.300. The van der Waals surface area contributed by atoms with Crippen molar-refractivity contribution in [2.75, 3.05) is 13.7 Å². The summed E-state index contributed by atoms with van der Waals surface area (Å²) < 4.78 is 18.1. The number of aromatic nitrogens is 2. The minimum atomic E-state index is -0.262. The van der Waals surface area contributed by atoms with Crippen molar-refractivity contribution in [2.45, 2.75) is 26.5 Å². The molecule has 0 aliphatic rings. The minimum Gasteiger partial charge on any atom is -0.497 e. The highest BCUT2D eigenvalue weighted by Crippen LogP contribution is 2.20. The van der Waals surface area contributed by atoms with E-state index in [2.05, 4.69) is 10.4 Å². The average Bonchev–Trinajstić information content (AvgIpc) is 3.30. The highest BCUT2D eigenvalue weighted by Gasteiger charge is 2.11. The quantitative estimate of drug-likeness (QED) is 0.549. The van der Waals surface area contributed by atoms with Crippen molar-refractivity contribution in [3.8, 4) is 11.5 Å². The van der Waals surface area contributed by atoms with Crippen molar-refractivity contribution in [1.29, 1.82) is 0 Å². The molecule has 148 valence electrons. The van der Waals surface area contributed by atoms with Gasteiger partial charge < -0.3 is 19.2 Å². The zero-order valence-electron chi connectivity index (χ0n) is 15.8. The van der Waals surface area contributed by atoms with Gasteiger partial charge in [0, 0.05) is 25.4 Å². The van der Waals surface area contributed by atoms with Gasteiger partial charge in [-0.1, -0.05) is 17.7 Å². The second-order valence-electron chi connectivity index (χ2n) is 6.17. The summed E-state index contributed by atoms with van der Waals surface area (Å²) in [5.41, 5.74) is 0.796. The molecule has 0 saturated carbocycles. The summed E-state index contributed by atoms with van der Waals surface area (Å²) in [5.74, 6) is 1.93. The Morgan fingerprint density at radius 1 is 1.29 bits per heavy atom. The van der Waals surface area contributed by atoms with Gasteiger partial charge in [-0.15, -0.1) is 0 Å². The largest absolute Gasteiger partial charge is 0.497 e. The Morgan fingerprint density at radius 2 is 2.11 bits per heavy atom. The molecule has 1 N–H and O–H groups in total. The summed E-state index contributed by atoms with van der Waals surface area (Å²) in [7, 11) is 1.60. The van der Waals surface area contributed by atoms with Crippen molar-refractivity contribution in [3.05, 3.63) is 64.8 Å². The number of halogens is 1. The van der Waals surface area contributed by atoms with Crippen LogP contribution in [0, 0.1) is 6.92 Å². The van der Waals surface area contributed by atoms with Crippen LogP contribution >= 0.6 is 11.6 Å². The van der Waals surface area contributed by atoms with Crippen LogP contribution in [0.2, 0.25) is 5.02 Å². The van der Waals surface area contributed by atoms with E-state index in [0.717, 1.165) is 12.1 Å². The first-order valence-corrected chi connectivity index (χ1v) is 9.26. The lowest BCUT2D eigenvalue weighted by Crippen LogP contribution is -2.24. The predicted molar refractivity (Wildman–Crippen MR) is 105 cm³/mol. The van der Waals surface area contributed by atoms with E-state index in [0.29, 0.717) is 35.4 Å². The zero-order valence-corrected chi connectivity index (χ0v) is 16.5. The molecule has 1 amide bonds. The molecule has 0 spiro atoms. The number of amides is 1. The number of rotatable bonds is 9. The van der Waals surface area contributed by atoms with Gasteiger partial charge in [-0.05, 0) is 37.6 Å². The third kappa shape index (κ3) is 5.29. The molecule has 0 aliphatic carbocycles. The Kier molecular flexibility index (Phi) is 6.60. The summed E-state index contributed by atoms with van der Waals surface area (Å²) in [4.78, 5) is 12.2. The van der Waals surface area contributed by atoms with Crippen molar-refractivity contribution in [3.63, 3.8) is 0 Å². The Morgan fingerprint density at radius 3 is 2.86 bits per heavy atom. The maximum atomic E-state index is 12.2. The number of furan rings is 1. The van der Waals surface area contributed by atoms with Gasteiger partial charge in [-0.2, -0.15) is 5.10 Å². The van der Waals surface area contributed by atoms with E-state index in [9.17, 15) is 4.79 Å². The van der Waals surface area contributed by atoms with E-state index in [1.165, 1.54) is 0 Å². The molecule has 0 fully saturated rings. The van der Waals surface area contributed by atoms with Gasteiger partial charge in [0.1, 0.15) is 23.9 Å². The molecule has 2 aromatic heterocycles. The Balaban J connectivity index is 1.43. The summed E-state index contributed by atoms with van der Waals surface area (Å²) >= 11 is 5.97. The molecule has 28 heavy (non-hydrogen) atoms. The maximum Gasteiger partial charge on any atom is 0.286 e. The molecule has 0 atom stereocenters. The molecule has 0 unspecified atom stereocenters. The Bertz CT molecular complexity index is 916. The number of aryl methyl sites for hydroxylation is 2. The van der Waals surface area contributed by atoms with E-state index < -0.39 is 0 Å². The standard InChI is InChI=1S/C20H22ClN3O4/c1-14-18(21)12-24(23-14)10-4-9-22-20(25)19-8-7-17(28-19)13-27-16-6-3-5-15(11-16)26-2/h3,5-8,11-12H,4,9-10,13H2,1-2H3,(H,22,25). The second-order valence-corrected chi connectivity index (χ2v) is 6.58. The predicted octanol–water partition coefficient (Wildman–Crippen LogP) is 3.85. The summed E-state index contributed by atoms with van der Waals surface area (Å²) in [6, 6.07) is 10.6. The lowest BCUT2D eigenvalue weighted by atomic mass is 10.3. The van der Waals surface area contributed by atoms with Crippen LogP contribution < -0.4 is 14.8 Å². The lowest BCUT2D eigenvalue weighted by molar-refractivity contribution is 0.0921. The van der Waals surface area contributed by atoms with Crippen molar-refractivity contribution in [1.82, 2.24) is 15.1 Å². The van der Waals surface area contributed by atoms with Gasteiger partial charge in [0.2, 0.25) is 0 Å². The van der Waals surface area contributed by atoms with Crippen LogP contribution in [-0.4, -0.2) is 29.3 Å². The molecule has 3 aromatic rings. The summed E-state index contributed by atoms with van der Waals surface area (Å²) in [6.45, 7) is 3.25.